The van der Waals surface area contributed by atoms with E-state index in [1.54, 1.807) is 49.6 Å². The van der Waals surface area contributed by atoms with Gasteiger partial charge in [-0.05, 0) is 72.7 Å². The number of thioether (sulfide) groups is 1. The van der Waals surface area contributed by atoms with E-state index in [9.17, 15) is 9.59 Å². The second-order valence-electron chi connectivity index (χ2n) is 7.65. The highest BCUT2D eigenvalue weighted by molar-refractivity contribution is 8.26. The minimum absolute atomic E-state index is 0.230. The van der Waals surface area contributed by atoms with Gasteiger partial charge in [-0.2, -0.15) is 5.01 Å². The molecular weight excluding hydrogens is 504 g/mol. The van der Waals surface area contributed by atoms with Gasteiger partial charge in [0.15, 0.2) is 15.8 Å². The number of benzene rings is 3. The van der Waals surface area contributed by atoms with Gasteiger partial charge in [-0.25, -0.2) is 0 Å². The largest absolute Gasteiger partial charge is 0.493 e. The van der Waals surface area contributed by atoms with Gasteiger partial charge in [0.1, 0.15) is 6.61 Å². The fourth-order valence-corrected chi connectivity index (χ4v) is 4.53. The molecule has 0 bridgehead atoms. The molecule has 0 saturated carbocycles. The van der Waals surface area contributed by atoms with Crippen LogP contribution in [-0.2, 0) is 11.4 Å². The standard InChI is InChI=1S/C26H21ClN2O4S2/c1-16-3-5-17(6-4-16)15-33-21-12-7-18(13-22(21)32-2)14-23-25(31)29(26(34)35-23)28-24(30)19-8-10-20(27)11-9-19/h3-14H,15H2,1-2H3,(H,28,30)/b23-14+. The zero-order valence-electron chi connectivity index (χ0n) is 18.9. The third-order valence-electron chi connectivity index (χ3n) is 5.11. The number of thiocarbonyl (C=S) groups is 1. The van der Waals surface area contributed by atoms with Crippen molar-refractivity contribution in [1.82, 2.24) is 10.4 Å². The molecule has 2 amide bonds. The van der Waals surface area contributed by atoms with Crippen LogP contribution >= 0.6 is 35.6 Å². The Labute approximate surface area is 217 Å². The van der Waals surface area contributed by atoms with Crippen LogP contribution in [0.1, 0.15) is 27.0 Å². The average molecular weight is 525 g/mol. The molecule has 35 heavy (non-hydrogen) atoms. The Balaban J connectivity index is 1.46. The molecule has 1 N–H and O–H groups in total. The van der Waals surface area contributed by atoms with Crippen molar-refractivity contribution < 1.29 is 19.1 Å². The summed E-state index contributed by atoms with van der Waals surface area (Å²) in [6.45, 7) is 2.44. The normalized spacial score (nSPS) is 14.4. The van der Waals surface area contributed by atoms with Crippen LogP contribution in [-0.4, -0.2) is 28.3 Å². The molecule has 9 heteroatoms. The molecule has 1 aliphatic heterocycles. The van der Waals surface area contributed by atoms with Crippen molar-refractivity contribution >= 4 is 57.8 Å². The van der Waals surface area contributed by atoms with Gasteiger partial charge >= 0.3 is 0 Å². The topological polar surface area (TPSA) is 67.9 Å². The fourth-order valence-electron chi connectivity index (χ4n) is 3.22. The van der Waals surface area contributed by atoms with E-state index in [2.05, 4.69) is 5.43 Å². The number of carbonyl (C=O) groups excluding carboxylic acids is 2. The fraction of sp³-hybridized carbons (Fsp3) is 0.115. The van der Waals surface area contributed by atoms with E-state index >= 15 is 0 Å². The van der Waals surface area contributed by atoms with Crippen molar-refractivity contribution in [2.75, 3.05) is 7.11 Å². The van der Waals surface area contributed by atoms with Crippen molar-refractivity contribution in [3.63, 3.8) is 0 Å². The number of hydrogen-bond donors (Lipinski definition) is 1. The molecule has 0 aliphatic carbocycles. The van der Waals surface area contributed by atoms with Gasteiger partial charge < -0.3 is 9.47 Å². The van der Waals surface area contributed by atoms with Gasteiger partial charge in [-0.1, -0.05) is 59.3 Å². The molecule has 0 radical (unpaired) electrons. The molecule has 6 nitrogen and oxygen atoms in total. The molecule has 4 rings (SSSR count). The molecule has 0 spiro atoms. The van der Waals surface area contributed by atoms with Crippen molar-refractivity contribution in [1.29, 1.82) is 0 Å². The van der Waals surface area contributed by atoms with Crippen molar-refractivity contribution in [3.8, 4) is 11.5 Å². The number of methoxy groups -OCH3 is 1. The van der Waals surface area contributed by atoms with E-state index < -0.39 is 11.8 Å². The van der Waals surface area contributed by atoms with Gasteiger partial charge in [-0.3, -0.25) is 15.0 Å². The molecule has 1 aliphatic rings. The van der Waals surface area contributed by atoms with Gasteiger partial charge in [0, 0.05) is 10.6 Å². The first-order chi connectivity index (χ1) is 16.8. The average Bonchev–Trinajstić information content (AvgIpc) is 3.11. The summed E-state index contributed by atoms with van der Waals surface area (Å²) in [6, 6.07) is 19.8. The Kier molecular flexibility index (Phi) is 7.75. The molecule has 0 aromatic heterocycles. The lowest BCUT2D eigenvalue weighted by atomic mass is 10.1. The summed E-state index contributed by atoms with van der Waals surface area (Å²) in [5, 5.41) is 1.58. The summed E-state index contributed by atoms with van der Waals surface area (Å²) in [5.74, 6) is 0.252. The Morgan fingerprint density at radius 3 is 2.49 bits per heavy atom. The predicted octanol–water partition coefficient (Wildman–Crippen LogP) is 5.78. The lowest BCUT2D eigenvalue weighted by molar-refractivity contribution is -0.123. The summed E-state index contributed by atoms with van der Waals surface area (Å²) in [4.78, 5) is 25.8. The van der Waals surface area contributed by atoms with Crippen LogP contribution in [0.15, 0.2) is 71.6 Å². The molecule has 1 fully saturated rings. The van der Waals surface area contributed by atoms with Gasteiger partial charge in [0.05, 0.1) is 12.0 Å². The van der Waals surface area contributed by atoms with Crippen molar-refractivity contribution in [2.24, 2.45) is 0 Å². The Morgan fingerprint density at radius 2 is 1.80 bits per heavy atom. The number of nitrogens with zero attached hydrogens (tertiary/aromatic N) is 1. The summed E-state index contributed by atoms with van der Waals surface area (Å²) in [7, 11) is 1.56. The number of nitrogens with one attached hydrogen (secondary N) is 1. The molecule has 1 saturated heterocycles. The molecular formula is C26H21ClN2O4S2. The first kappa shape index (κ1) is 24.8. The highest BCUT2D eigenvalue weighted by Crippen LogP contribution is 2.34. The Hall–Kier alpha value is -3.33. The quantitative estimate of drug-likeness (QED) is 0.312. The minimum atomic E-state index is -0.462. The summed E-state index contributed by atoms with van der Waals surface area (Å²) < 4.78 is 11.6. The van der Waals surface area contributed by atoms with Gasteiger partial charge in [0.2, 0.25) is 0 Å². The molecule has 178 valence electrons. The monoisotopic (exact) mass is 524 g/mol. The van der Waals surface area contributed by atoms with Crippen LogP contribution in [0.25, 0.3) is 6.08 Å². The summed E-state index contributed by atoms with van der Waals surface area (Å²) >= 11 is 12.3. The number of aryl methyl sites for hydroxylation is 1. The maximum atomic E-state index is 12.9. The summed E-state index contributed by atoms with van der Waals surface area (Å²) in [6.07, 6.45) is 1.69. The molecule has 3 aromatic rings. The van der Waals surface area contributed by atoms with E-state index in [0.29, 0.717) is 33.6 Å². The predicted molar refractivity (Wildman–Crippen MR) is 142 cm³/mol. The minimum Gasteiger partial charge on any atom is -0.493 e. The van der Waals surface area contributed by atoms with Crippen LogP contribution in [0.5, 0.6) is 11.5 Å². The SMILES string of the molecule is COc1cc(/C=C2/SC(=S)N(NC(=O)c3ccc(Cl)cc3)C2=O)ccc1OCc1ccc(C)cc1. The van der Waals surface area contributed by atoms with Crippen LogP contribution in [0.2, 0.25) is 5.02 Å². The second-order valence-corrected chi connectivity index (χ2v) is 9.76. The van der Waals surface area contributed by atoms with E-state index in [4.69, 9.17) is 33.3 Å². The lowest BCUT2D eigenvalue weighted by Gasteiger charge is -2.15. The highest BCUT2D eigenvalue weighted by atomic mass is 35.5. The Bertz CT molecular complexity index is 1310. The number of halogens is 1. The van der Waals surface area contributed by atoms with Gasteiger partial charge in [0.25, 0.3) is 11.8 Å². The maximum absolute atomic E-state index is 12.9. The van der Waals surface area contributed by atoms with E-state index in [1.807, 2.05) is 37.3 Å². The first-order valence-corrected chi connectivity index (χ1v) is 12.1. The highest BCUT2D eigenvalue weighted by Gasteiger charge is 2.33. The number of rotatable bonds is 7. The van der Waals surface area contributed by atoms with E-state index in [-0.39, 0.29) is 4.32 Å². The number of amides is 2. The van der Waals surface area contributed by atoms with Crippen LogP contribution < -0.4 is 14.9 Å². The second kappa shape index (κ2) is 10.9. The number of carbonyl (C=O) groups is 2. The van der Waals surface area contributed by atoms with Gasteiger partial charge in [-0.15, -0.1) is 0 Å². The number of hydrogen-bond acceptors (Lipinski definition) is 6. The van der Waals surface area contributed by atoms with E-state index in [1.165, 1.54) is 5.56 Å². The third-order valence-corrected chi connectivity index (χ3v) is 6.67. The smallest absolute Gasteiger partial charge is 0.285 e. The van der Waals surface area contributed by atoms with E-state index in [0.717, 1.165) is 27.9 Å². The zero-order valence-corrected chi connectivity index (χ0v) is 21.3. The first-order valence-electron chi connectivity index (χ1n) is 10.5. The molecule has 1 heterocycles. The third kappa shape index (κ3) is 6.03. The van der Waals surface area contributed by atoms with Crippen LogP contribution in [0.3, 0.4) is 0 Å². The zero-order chi connectivity index (χ0) is 24.9. The number of hydrazine groups is 1. The van der Waals surface area contributed by atoms with Crippen LogP contribution in [0, 0.1) is 6.92 Å². The van der Waals surface area contributed by atoms with Crippen LogP contribution in [0.4, 0.5) is 0 Å². The molecule has 0 atom stereocenters. The van der Waals surface area contributed by atoms with Crippen molar-refractivity contribution in [3.05, 3.63) is 98.9 Å². The number of ether oxygens (including phenoxy) is 2. The van der Waals surface area contributed by atoms with Crippen molar-refractivity contribution in [2.45, 2.75) is 13.5 Å². The summed E-state index contributed by atoms with van der Waals surface area (Å²) in [5.41, 5.74) is 5.87. The Morgan fingerprint density at radius 1 is 1.09 bits per heavy atom. The molecule has 3 aromatic carbocycles. The molecule has 0 unspecified atom stereocenters. The maximum Gasteiger partial charge on any atom is 0.285 e. The lowest BCUT2D eigenvalue weighted by Crippen LogP contribution is -2.44.